The summed E-state index contributed by atoms with van der Waals surface area (Å²) in [5, 5.41) is 9.33. The Labute approximate surface area is 214 Å². The Bertz CT molecular complexity index is 1300. The van der Waals surface area contributed by atoms with E-state index in [1.54, 1.807) is 43.1 Å². The van der Waals surface area contributed by atoms with Gasteiger partial charge in [0.25, 0.3) is 0 Å². The van der Waals surface area contributed by atoms with Gasteiger partial charge in [-0.2, -0.15) is 0 Å². The highest BCUT2D eigenvalue weighted by Gasteiger charge is 2.27. The first-order valence-corrected chi connectivity index (χ1v) is 11.8. The van der Waals surface area contributed by atoms with Crippen LogP contribution in [0.1, 0.15) is 37.8 Å². The fourth-order valence-electron chi connectivity index (χ4n) is 3.81. The zero-order valence-corrected chi connectivity index (χ0v) is 20.6. The Kier molecular flexibility index (Phi) is 8.15. The van der Waals surface area contributed by atoms with Crippen LogP contribution in [0.2, 0.25) is 0 Å². The molecule has 37 heavy (non-hydrogen) atoms. The van der Waals surface area contributed by atoms with Gasteiger partial charge in [-0.3, -0.25) is 4.98 Å². The molecule has 0 radical (unpaired) electrons. The number of ether oxygens (including phenoxy) is 3. The van der Waals surface area contributed by atoms with E-state index >= 15 is 0 Å². The van der Waals surface area contributed by atoms with Crippen LogP contribution >= 0.6 is 0 Å². The molecule has 192 valence electrons. The first-order valence-electron chi connectivity index (χ1n) is 11.8. The molecule has 1 aliphatic rings. The Morgan fingerprint density at radius 2 is 1.95 bits per heavy atom. The van der Waals surface area contributed by atoms with Gasteiger partial charge in [0, 0.05) is 37.7 Å². The number of aliphatic hydroxyl groups is 1. The molecular formula is C27H27FN4O5. The molecule has 0 atom stereocenters. The number of aliphatic hydroxyl groups excluding tert-OH is 1. The number of pyridine rings is 1. The molecule has 1 aromatic carbocycles. The molecule has 1 aliphatic heterocycles. The van der Waals surface area contributed by atoms with Crippen molar-refractivity contribution in [3.8, 4) is 41.1 Å². The van der Waals surface area contributed by atoms with Crippen LogP contribution in [-0.2, 0) is 11.3 Å². The predicted octanol–water partition coefficient (Wildman–Crippen LogP) is 4.33. The number of terminal acetylenes is 1. The molecule has 1 amide bonds. The summed E-state index contributed by atoms with van der Waals surface area (Å²) in [5.41, 5.74) is 1.86. The summed E-state index contributed by atoms with van der Waals surface area (Å²) in [5.74, 6) is 1.89. The van der Waals surface area contributed by atoms with Crippen LogP contribution in [0, 0.1) is 18.2 Å². The highest BCUT2D eigenvalue weighted by atomic mass is 19.1. The minimum Gasteiger partial charge on any atom is -0.473 e. The third-order valence-corrected chi connectivity index (χ3v) is 5.68. The van der Waals surface area contributed by atoms with Crippen LogP contribution in [0.4, 0.5) is 9.18 Å². The van der Waals surface area contributed by atoms with Gasteiger partial charge in [-0.15, -0.1) is 6.42 Å². The fraction of sp³-hybridized carbons (Fsp3) is 0.333. The number of halogens is 1. The Balaban J connectivity index is 1.46. The molecule has 3 aromatic rings. The third kappa shape index (κ3) is 6.32. The third-order valence-electron chi connectivity index (χ3n) is 5.68. The zero-order valence-electron chi connectivity index (χ0n) is 20.6. The summed E-state index contributed by atoms with van der Waals surface area (Å²) in [6.45, 7) is 4.42. The van der Waals surface area contributed by atoms with Crippen LogP contribution < -0.4 is 9.47 Å². The SMILES string of the molecule is C#Cc1c(Oc2ccc(-c3cc(CO)ccn3)cc2F)ncnc1OC1CCN(C(=O)OC(C)C)CC1. The summed E-state index contributed by atoms with van der Waals surface area (Å²) < 4.78 is 31.9. The molecule has 3 heterocycles. The first-order chi connectivity index (χ1) is 17.9. The van der Waals surface area contributed by atoms with Crippen LogP contribution in [0.15, 0.2) is 42.9 Å². The maximum atomic E-state index is 14.9. The zero-order chi connectivity index (χ0) is 26.4. The molecule has 10 heteroatoms. The second kappa shape index (κ2) is 11.7. The molecular weight excluding hydrogens is 479 g/mol. The monoisotopic (exact) mass is 506 g/mol. The van der Waals surface area contributed by atoms with Crippen LogP contribution in [-0.4, -0.2) is 56.3 Å². The van der Waals surface area contributed by atoms with Gasteiger partial charge in [-0.05, 0) is 49.7 Å². The molecule has 0 bridgehead atoms. The highest BCUT2D eigenvalue weighted by Crippen LogP contribution is 2.32. The maximum Gasteiger partial charge on any atom is 0.410 e. The lowest BCUT2D eigenvalue weighted by molar-refractivity contribution is 0.0506. The van der Waals surface area contributed by atoms with Gasteiger partial charge in [-0.25, -0.2) is 19.2 Å². The van der Waals surface area contributed by atoms with Gasteiger partial charge in [-0.1, -0.05) is 5.92 Å². The molecule has 0 spiro atoms. The topological polar surface area (TPSA) is 107 Å². The van der Waals surface area contributed by atoms with Gasteiger partial charge in [0.15, 0.2) is 11.6 Å². The van der Waals surface area contributed by atoms with E-state index in [-0.39, 0.29) is 48.0 Å². The van der Waals surface area contributed by atoms with E-state index in [0.717, 1.165) is 0 Å². The number of benzene rings is 1. The summed E-state index contributed by atoms with van der Waals surface area (Å²) in [7, 11) is 0. The van der Waals surface area contributed by atoms with E-state index in [1.165, 1.54) is 18.5 Å². The number of piperidine rings is 1. The number of carbonyl (C=O) groups excluding carboxylic acids is 1. The molecule has 1 fully saturated rings. The number of hydrogen-bond acceptors (Lipinski definition) is 8. The van der Waals surface area contributed by atoms with Crippen LogP contribution in [0.3, 0.4) is 0 Å². The predicted molar refractivity (Wildman–Crippen MR) is 132 cm³/mol. The lowest BCUT2D eigenvalue weighted by Crippen LogP contribution is -2.42. The van der Waals surface area contributed by atoms with Crippen molar-refractivity contribution in [2.45, 2.75) is 45.5 Å². The summed E-state index contributed by atoms with van der Waals surface area (Å²) in [6, 6.07) is 7.74. The van der Waals surface area contributed by atoms with Gasteiger partial charge in [0.2, 0.25) is 11.8 Å². The molecule has 0 saturated carbocycles. The smallest absolute Gasteiger partial charge is 0.410 e. The quantitative estimate of drug-likeness (QED) is 0.472. The maximum absolute atomic E-state index is 14.9. The Morgan fingerprint density at radius 3 is 2.62 bits per heavy atom. The number of amides is 1. The number of rotatable bonds is 7. The van der Waals surface area contributed by atoms with E-state index in [2.05, 4.69) is 20.9 Å². The average molecular weight is 507 g/mol. The van der Waals surface area contributed by atoms with Crippen molar-refractivity contribution in [3.63, 3.8) is 0 Å². The van der Waals surface area contributed by atoms with Crippen LogP contribution in [0.25, 0.3) is 11.3 Å². The molecule has 9 nitrogen and oxygen atoms in total. The summed E-state index contributed by atoms with van der Waals surface area (Å²) in [4.78, 5) is 26.2. The van der Waals surface area contributed by atoms with Crippen molar-refractivity contribution in [2.24, 2.45) is 0 Å². The second-order valence-corrected chi connectivity index (χ2v) is 8.69. The fourth-order valence-corrected chi connectivity index (χ4v) is 3.81. The molecule has 1 saturated heterocycles. The lowest BCUT2D eigenvalue weighted by atomic mass is 10.1. The summed E-state index contributed by atoms with van der Waals surface area (Å²) >= 11 is 0. The molecule has 1 N–H and O–H groups in total. The Hall–Kier alpha value is -4.23. The van der Waals surface area contributed by atoms with E-state index in [4.69, 9.17) is 20.6 Å². The minimum absolute atomic E-state index is 0.0162. The normalized spacial score (nSPS) is 13.8. The van der Waals surface area contributed by atoms with Crippen LogP contribution in [0.5, 0.6) is 17.5 Å². The van der Waals surface area contributed by atoms with E-state index in [1.807, 2.05) is 0 Å². The lowest BCUT2D eigenvalue weighted by Gasteiger charge is -2.31. The number of carbonyl (C=O) groups is 1. The van der Waals surface area contributed by atoms with Gasteiger partial charge >= 0.3 is 6.09 Å². The number of likely N-dealkylation sites (tertiary alicyclic amines) is 1. The van der Waals surface area contributed by atoms with E-state index < -0.39 is 5.82 Å². The van der Waals surface area contributed by atoms with Crippen molar-refractivity contribution >= 4 is 6.09 Å². The van der Waals surface area contributed by atoms with E-state index in [9.17, 15) is 14.3 Å². The van der Waals surface area contributed by atoms with Gasteiger partial charge in [0.1, 0.15) is 18.0 Å². The van der Waals surface area contributed by atoms with Crippen molar-refractivity contribution in [1.29, 1.82) is 0 Å². The van der Waals surface area contributed by atoms with Crippen molar-refractivity contribution in [2.75, 3.05) is 13.1 Å². The van der Waals surface area contributed by atoms with Crippen molar-refractivity contribution in [1.82, 2.24) is 19.9 Å². The standard InChI is InChI=1S/C27H27FN4O5/c1-4-21-25(36-20-8-11-32(12-9-20)27(34)35-17(2)3)30-16-31-26(21)37-24-6-5-19(14-22(24)28)23-13-18(15-33)7-10-29-23/h1,5-7,10,13-14,16-17,20,33H,8-9,11-12,15H2,2-3H3. The minimum atomic E-state index is -0.640. The molecule has 0 unspecified atom stereocenters. The van der Waals surface area contributed by atoms with Gasteiger partial charge in [0.05, 0.1) is 18.4 Å². The summed E-state index contributed by atoms with van der Waals surface area (Å²) in [6.07, 6.45) is 8.86. The van der Waals surface area contributed by atoms with E-state index in [0.29, 0.717) is 42.8 Å². The first kappa shape index (κ1) is 25.9. The molecule has 4 rings (SSSR count). The van der Waals surface area contributed by atoms with Crippen molar-refractivity contribution < 1.29 is 28.5 Å². The average Bonchev–Trinajstić information content (AvgIpc) is 2.90. The number of nitrogens with zero attached hydrogens (tertiary/aromatic N) is 4. The highest BCUT2D eigenvalue weighted by molar-refractivity contribution is 5.68. The van der Waals surface area contributed by atoms with Gasteiger partial charge < -0.3 is 24.2 Å². The Morgan fingerprint density at radius 1 is 1.19 bits per heavy atom. The largest absolute Gasteiger partial charge is 0.473 e. The molecule has 2 aromatic heterocycles. The number of aromatic nitrogens is 3. The number of hydrogen-bond donors (Lipinski definition) is 1. The molecule has 0 aliphatic carbocycles. The van der Waals surface area contributed by atoms with Crippen molar-refractivity contribution in [3.05, 3.63) is 59.8 Å². The second-order valence-electron chi connectivity index (χ2n) is 8.69.